The van der Waals surface area contributed by atoms with Crippen LogP contribution in [0.1, 0.15) is 59.8 Å². The van der Waals surface area contributed by atoms with E-state index in [1.807, 2.05) is 0 Å². The van der Waals surface area contributed by atoms with Crippen molar-refractivity contribution in [1.82, 2.24) is 4.90 Å². The fraction of sp³-hybridized carbons (Fsp3) is 0.842. The van der Waals surface area contributed by atoms with E-state index < -0.39 is 0 Å². The van der Waals surface area contributed by atoms with Gasteiger partial charge in [0.1, 0.15) is 13.1 Å². The Hall–Kier alpha value is -0.790. The second kappa shape index (κ2) is 5.78. The lowest BCUT2D eigenvalue weighted by Crippen LogP contribution is -2.39. The molecule has 0 saturated carbocycles. The molecule has 0 radical (unpaired) electrons. The molecule has 2 saturated heterocycles. The first-order valence-corrected chi connectivity index (χ1v) is 8.99. The van der Waals surface area contributed by atoms with E-state index in [0.29, 0.717) is 5.41 Å². The molecule has 0 aromatic rings. The Morgan fingerprint density at radius 2 is 1.67 bits per heavy atom. The molecule has 3 aliphatic rings. The number of piperidine rings is 1. The van der Waals surface area contributed by atoms with E-state index in [2.05, 4.69) is 43.2 Å². The van der Waals surface area contributed by atoms with E-state index in [0.717, 1.165) is 11.8 Å². The van der Waals surface area contributed by atoms with Gasteiger partial charge in [-0.2, -0.15) is 0 Å². The molecule has 118 valence electrons. The maximum Gasteiger partial charge on any atom is 0.178 e. The lowest BCUT2D eigenvalue weighted by molar-refractivity contribution is -0.553. The van der Waals surface area contributed by atoms with Crippen LogP contribution in [0.5, 0.6) is 0 Å². The molecular weight excluding hydrogens is 256 g/mol. The predicted molar refractivity (Wildman–Crippen MR) is 89.9 cm³/mol. The van der Waals surface area contributed by atoms with Crippen molar-refractivity contribution in [3.63, 3.8) is 0 Å². The van der Waals surface area contributed by atoms with Crippen molar-refractivity contribution in [2.75, 3.05) is 26.2 Å². The zero-order chi connectivity index (χ0) is 15.0. The molecule has 2 heterocycles. The minimum absolute atomic E-state index is 0.423. The van der Waals surface area contributed by atoms with Gasteiger partial charge in [-0.3, -0.25) is 0 Å². The number of hydrogen-bond donors (Lipinski definition) is 0. The largest absolute Gasteiger partial charge is 0.375 e. The summed E-state index contributed by atoms with van der Waals surface area (Å²) in [5.74, 6) is 1.69. The van der Waals surface area contributed by atoms with E-state index in [1.165, 1.54) is 58.3 Å². The van der Waals surface area contributed by atoms with Gasteiger partial charge in [0.2, 0.25) is 0 Å². The Labute approximate surface area is 130 Å². The van der Waals surface area contributed by atoms with Gasteiger partial charge in [0, 0.05) is 43.1 Å². The fourth-order valence-electron chi connectivity index (χ4n) is 4.65. The maximum absolute atomic E-state index is 2.70. The highest BCUT2D eigenvalue weighted by Crippen LogP contribution is 2.37. The molecule has 0 spiro atoms. The Morgan fingerprint density at radius 3 is 2.29 bits per heavy atom. The summed E-state index contributed by atoms with van der Waals surface area (Å²) in [7, 11) is 0. The van der Waals surface area contributed by atoms with Gasteiger partial charge in [-0.05, 0) is 31.1 Å². The number of hydrogen-bond acceptors (Lipinski definition) is 1. The summed E-state index contributed by atoms with van der Waals surface area (Å²) in [6.45, 7) is 14.8. The van der Waals surface area contributed by atoms with Crippen LogP contribution in [-0.4, -0.2) is 41.4 Å². The van der Waals surface area contributed by atoms with Crippen LogP contribution in [-0.2, 0) is 0 Å². The second-order valence-corrected chi connectivity index (χ2v) is 8.69. The number of rotatable bonds is 1. The number of likely N-dealkylation sites (tertiary alicyclic amines) is 1. The SMILES string of the molecule is C[C@@H]1C[C@H](C)C[N+](=C2C=C(N3CCCC3)CC(C)(C)C2)C1. The summed E-state index contributed by atoms with van der Waals surface area (Å²) >= 11 is 0. The number of nitrogens with zero attached hydrogens (tertiary/aromatic N) is 2. The summed E-state index contributed by atoms with van der Waals surface area (Å²) < 4.78 is 2.70. The standard InChI is InChI=1S/C19H33N2/c1-15-9-16(2)14-21(13-15)18-10-17(11-19(3,4)12-18)20-7-5-6-8-20/h10,15-16H,5-9,11-14H2,1-4H3/q+1/t15-,16+. The van der Waals surface area contributed by atoms with Gasteiger partial charge in [-0.25, -0.2) is 4.58 Å². The summed E-state index contributed by atoms with van der Waals surface area (Å²) in [5, 5.41) is 0. The van der Waals surface area contributed by atoms with E-state index in [-0.39, 0.29) is 0 Å². The molecule has 2 aliphatic heterocycles. The molecule has 0 bridgehead atoms. The third-order valence-electron chi connectivity index (χ3n) is 5.44. The van der Waals surface area contributed by atoms with Crippen molar-refractivity contribution in [3.05, 3.63) is 11.8 Å². The van der Waals surface area contributed by atoms with Gasteiger partial charge in [0.05, 0.1) is 0 Å². The van der Waals surface area contributed by atoms with Crippen molar-refractivity contribution in [2.24, 2.45) is 17.3 Å². The highest BCUT2D eigenvalue weighted by molar-refractivity contribution is 5.92. The lowest BCUT2D eigenvalue weighted by atomic mass is 9.77. The molecular formula is C19H33N2+. The zero-order valence-electron chi connectivity index (χ0n) is 14.5. The van der Waals surface area contributed by atoms with Crippen molar-refractivity contribution < 1.29 is 4.58 Å². The Bertz CT molecular complexity index is 440. The highest BCUT2D eigenvalue weighted by atomic mass is 15.2. The lowest BCUT2D eigenvalue weighted by Gasteiger charge is -2.35. The van der Waals surface area contributed by atoms with E-state index in [4.69, 9.17) is 0 Å². The third-order valence-corrected chi connectivity index (χ3v) is 5.44. The summed E-state index contributed by atoms with van der Waals surface area (Å²) in [5.41, 5.74) is 3.66. The first-order chi connectivity index (χ1) is 9.93. The smallest absolute Gasteiger partial charge is 0.178 e. The van der Waals surface area contributed by atoms with Crippen LogP contribution in [0.25, 0.3) is 0 Å². The van der Waals surface area contributed by atoms with E-state index in [9.17, 15) is 0 Å². The minimum Gasteiger partial charge on any atom is -0.375 e. The Kier molecular flexibility index (Phi) is 4.16. The molecule has 2 fully saturated rings. The van der Waals surface area contributed by atoms with Crippen molar-refractivity contribution in [1.29, 1.82) is 0 Å². The van der Waals surface area contributed by atoms with E-state index in [1.54, 1.807) is 11.4 Å². The molecule has 0 N–H and O–H groups in total. The Morgan fingerprint density at radius 1 is 1.05 bits per heavy atom. The van der Waals surface area contributed by atoms with Gasteiger partial charge in [0.25, 0.3) is 0 Å². The van der Waals surface area contributed by atoms with Crippen LogP contribution in [0, 0.1) is 17.3 Å². The molecule has 1 aliphatic carbocycles. The van der Waals surface area contributed by atoms with Crippen molar-refractivity contribution in [2.45, 2.75) is 59.8 Å². The first kappa shape index (κ1) is 15.1. The molecule has 2 heteroatoms. The zero-order valence-corrected chi connectivity index (χ0v) is 14.5. The van der Waals surface area contributed by atoms with E-state index >= 15 is 0 Å². The molecule has 0 aromatic carbocycles. The van der Waals surface area contributed by atoms with Gasteiger partial charge >= 0.3 is 0 Å². The molecule has 2 atom stereocenters. The average Bonchev–Trinajstić information content (AvgIpc) is 2.89. The fourth-order valence-corrected chi connectivity index (χ4v) is 4.65. The monoisotopic (exact) mass is 289 g/mol. The maximum atomic E-state index is 2.70. The van der Waals surface area contributed by atoms with Gasteiger partial charge in [0.15, 0.2) is 5.71 Å². The van der Waals surface area contributed by atoms with Gasteiger partial charge < -0.3 is 4.90 Å². The normalized spacial score (nSPS) is 36.8. The van der Waals surface area contributed by atoms with Crippen LogP contribution >= 0.6 is 0 Å². The van der Waals surface area contributed by atoms with Gasteiger partial charge in [-0.15, -0.1) is 0 Å². The molecule has 0 amide bonds. The molecule has 0 unspecified atom stereocenters. The summed E-state index contributed by atoms with van der Waals surface area (Å²) in [6.07, 6.45) is 9.23. The summed E-state index contributed by atoms with van der Waals surface area (Å²) in [4.78, 5) is 2.65. The summed E-state index contributed by atoms with van der Waals surface area (Å²) in [6, 6.07) is 0. The molecule has 21 heavy (non-hydrogen) atoms. The molecule has 2 nitrogen and oxygen atoms in total. The van der Waals surface area contributed by atoms with Gasteiger partial charge in [-0.1, -0.05) is 27.7 Å². The third kappa shape index (κ3) is 3.52. The second-order valence-electron chi connectivity index (χ2n) is 8.69. The average molecular weight is 289 g/mol. The van der Waals surface area contributed by atoms with Crippen molar-refractivity contribution in [3.8, 4) is 0 Å². The first-order valence-electron chi connectivity index (χ1n) is 8.99. The van der Waals surface area contributed by atoms with Crippen LogP contribution in [0.2, 0.25) is 0 Å². The minimum atomic E-state index is 0.423. The predicted octanol–water partition coefficient (Wildman–Crippen LogP) is 3.92. The van der Waals surface area contributed by atoms with Crippen LogP contribution in [0.3, 0.4) is 0 Å². The number of allylic oxidation sites excluding steroid dienone is 2. The molecule has 3 rings (SSSR count). The van der Waals surface area contributed by atoms with Crippen LogP contribution < -0.4 is 0 Å². The highest BCUT2D eigenvalue weighted by Gasteiger charge is 2.35. The van der Waals surface area contributed by atoms with Crippen LogP contribution in [0.15, 0.2) is 11.8 Å². The van der Waals surface area contributed by atoms with Crippen molar-refractivity contribution >= 4 is 5.71 Å². The molecule has 0 aromatic heterocycles. The topological polar surface area (TPSA) is 6.25 Å². The quantitative estimate of drug-likeness (QED) is 0.663. The van der Waals surface area contributed by atoms with Crippen LogP contribution in [0.4, 0.5) is 0 Å². The Balaban J connectivity index is 1.90.